The summed E-state index contributed by atoms with van der Waals surface area (Å²) >= 11 is 6.00. The van der Waals surface area contributed by atoms with Crippen molar-refractivity contribution >= 4 is 17.4 Å². The standard InChI is InChI=1S/C21H21ClN4O/c22-19-8-4-7-18(13-19)21-23-25-26(24-21)14-20(27)17-11-9-16(10-12-17)15-5-2-1-3-6-15/h4,7-13,15H,1-3,5-6,14H2. The zero-order valence-corrected chi connectivity index (χ0v) is 15.8. The molecule has 0 spiro atoms. The lowest BCUT2D eigenvalue weighted by Crippen LogP contribution is -2.13. The van der Waals surface area contributed by atoms with Gasteiger partial charge in [-0.05, 0) is 41.7 Å². The van der Waals surface area contributed by atoms with E-state index in [1.54, 1.807) is 12.1 Å². The fourth-order valence-corrected chi connectivity index (χ4v) is 3.84. The first-order valence-electron chi connectivity index (χ1n) is 9.36. The largest absolute Gasteiger partial charge is 0.292 e. The molecule has 0 saturated heterocycles. The zero-order chi connectivity index (χ0) is 18.6. The molecule has 6 heteroatoms. The van der Waals surface area contributed by atoms with Gasteiger partial charge in [0.05, 0.1) is 0 Å². The van der Waals surface area contributed by atoms with E-state index in [4.69, 9.17) is 11.6 Å². The normalized spacial score (nSPS) is 15.0. The Morgan fingerprint density at radius 1 is 1.07 bits per heavy atom. The number of Topliss-reactive ketones (excluding diaryl/α,β-unsaturated/α-hetero) is 1. The summed E-state index contributed by atoms with van der Waals surface area (Å²) in [6.07, 6.45) is 6.45. The van der Waals surface area contributed by atoms with Gasteiger partial charge in [0.2, 0.25) is 5.82 Å². The highest BCUT2D eigenvalue weighted by Gasteiger charge is 2.16. The van der Waals surface area contributed by atoms with E-state index in [2.05, 4.69) is 27.5 Å². The van der Waals surface area contributed by atoms with E-state index in [0.717, 1.165) is 5.56 Å². The fraction of sp³-hybridized carbons (Fsp3) is 0.333. The smallest absolute Gasteiger partial charge is 0.204 e. The summed E-state index contributed by atoms with van der Waals surface area (Å²) in [5, 5.41) is 12.9. The zero-order valence-electron chi connectivity index (χ0n) is 15.0. The molecule has 1 saturated carbocycles. The number of ketones is 1. The van der Waals surface area contributed by atoms with Crippen LogP contribution in [0.1, 0.15) is 53.9 Å². The fourth-order valence-electron chi connectivity index (χ4n) is 3.65. The molecule has 1 aliphatic rings. The number of benzene rings is 2. The first kappa shape index (κ1) is 17.9. The molecule has 0 N–H and O–H groups in total. The van der Waals surface area contributed by atoms with Gasteiger partial charge >= 0.3 is 0 Å². The summed E-state index contributed by atoms with van der Waals surface area (Å²) in [4.78, 5) is 13.9. The van der Waals surface area contributed by atoms with Gasteiger partial charge in [-0.3, -0.25) is 4.79 Å². The van der Waals surface area contributed by atoms with Crippen LogP contribution >= 0.6 is 11.6 Å². The molecule has 4 rings (SSSR count). The van der Waals surface area contributed by atoms with Gasteiger partial charge in [0.25, 0.3) is 0 Å². The number of halogens is 1. The highest BCUT2D eigenvalue weighted by Crippen LogP contribution is 2.32. The molecule has 1 heterocycles. The van der Waals surface area contributed by atoms with Crippen molar-refractivity contribution in [2.24, 2.45) is 0 Å². The molecule has 0 unspecified atom stereocenters. The Morgan fingerprint density at radius 3 is 2.59 bits per heavy atom. The first-order valence-corrected chi connectivity index (χ1v) is 9.74. The van der Waals surface area contributed by atoms with Crippen molar-refractivity contribution in [3.05, 3.63) is 64.7 Å². The highest BCUT2D eigenvalue weighted by molar-refractivity contribution is 6.30. The van der Waals surface area contributed by atoms with Crippen molar-refractivity contribution in [3.63, 3.8) is 0 Å². The van der Waals surface area contributed by atoms with Gasteiger partial charge in [-0.15, -0.1) is 10.2 Å². The molecule has 0 amide bonds. The molecule has 0 bridgehead atoms. The molecule has 1 fully saturated rings. The number of aromatic nitrogens is 4. The topological polar surface area (TPSA) is 60.7 Å². The van der Waals surface area contributed by atoms with Gasteiger partial charge in [-0.2, -0.15) is 4.80 Å². The van der Waals surface area contributed by atoms with Crippen LogP contribution < -0.4 is 0 Å². The number of tetrazole rings is 1. The Bertz CT molecular complexity index is 929. The second-order valence-electron chi connectivity index (χ2n) is 7.03. The number of hydrogen-bond donors (Lipinski definition) is 0. The minimum Gasteiger partial charge on any atom is -0.292 e. The summed E-state index contributed by atoms with van der Waals surface area (Å²) in [6, 6.07) is 15.3. The monoisotopic (exact) mass is 380 g/mol. The Hall–Kier alpha value is -2.53. The van der Waals surface area contributed by atoms with E-state index in [9.17, 15) is 4.79 Å². The Morgan fingerprint density at radius 2 is 1.85 bits per heavy atom. The van der Waals surface area contributed by atoms with E-state index < -0.39 is 0 Å². The average molecular weight is 381 g/mol. The summed E-state index contributed by atoms with van der Waals surface area (Å²) in [5.41, 5.74) is 2.79. The predicted octanol–water partition coefficient (Wildman–Crippen LogP) is 4.92. The van der Waals surface area contributed by atoms with E-state index in [0.29, 0.717) is 22.3 Å². The molecule has 1 aliphatic carbocycles. The molecule has 0 atom stereocenters. The molecule has 0 aliphatic heterocycles. The maximum absolute atomic E-state index is 12.6. The predicted molar refractivity (Wildman–Crippen MR) is 105 cm³/mol. The average Bonchev–Trinajstić information content (AvgIpc) is 3.17. The number of carbonyl (C=O) groups excluding carboxylic acids is 1. The van der Waals surface area contributed by atoms with Gasteiger partial charge in [-0.1, -0.05) is 67.3 Å². The van der Waals surface area contributed by atoms with Crippen LogP contribution in [0, 0.1) is 0 Å². The van der Waals surface area contributed by atoms with Gasteiger partial charge in [-0.25, -0.2) is 0 Å². The highest BCUT2D eigenvalue weighted by atomic mass is 35.5. The molecule has 1 aromatic heterocycles. The van der Waals surface area contributed by atoms with Crippen LogP contribution in [0.15, 0.2) is 48.5 Å². The maximum Gasteiger partial charge on any atom is 0.204 e. The second-order valence-corrected chi connectivity index (χ2v) is 7.47. The van der Waals surface area contributed by atoms with Gasteiger partial charge in [0.1, 0.15) is 6.54 Å². The maximum atomic E-state index is 12.6. The third-order valence-corrected chi connectivity index (χ3v) is 5.37. The Balaban J connectivity index is 1.43. The van der Waals surface area contributed by atoms with Crippen LogP contribution in [0.5, 0.6) is 0 Å². The van der Waals surface area contributed by atoms with Crippen LogP contribution in [-0.4, -0.2) is 26.0 Å². The van der Waals surface area contributed by atoms with E-state index in [1.165, 1.54) is 42.5 Å². The van der Waals surface area contributed by atoms with E-state index in [1.807, 2.05) is 24.3 Å². The summed E-state index contributed by atoms with van der Waals surface area (Å²) in [5.74, 6) is 1.07. The summed E-state index contributed by atoms with van der Waals surface area (Å²) in [7, 11) is 0. The lowest BCUT2D eigenvalue weighted by molar-refractivity contribution is 0.0961. The van der Waals surface area contributed by atoms with Crippen LogP contribution in [0.25, 0.3) is 11.4 Å². The van der Waals surface area contributed by atoms with E-state index in [-0.39, 0.29) is 12.3 Å². The lowest BCUT2D eigenvalue weighted by Gasteiger charge is -2.22. The van der Waals surface area contributed by atoms with Gasteiger partial charge < -0.3 is 0 Å². The molecular formula is C21H21ClN4O. The van der Waals surface area contributed by atoms with Crippen molar-refractivity contribution in [1.29, 1.82) is 0 Å². The minimum atomic E-state index is -0.0276. The minimum absolute atomic E-state index is 0.0276. The molecule has 138 valence electrons. The molecule has 2 aromatic carbocycles. The Labute approximate surface area is 163 Å². The molecule has 5 nitrogen and oxygen atoms in total. The Kier molecular flexibility index (Phi) is 5.30. The molecule has 3 aromatic rings. The number of rotatable bonds is 5. The second kappa shape index (κ2) is 8.01. The van der Waals surface area contributed by atoms with Crippen LogP contribution in [-0.2, 0) is 6.54 Å². The van der Waals surface area contributed by atoms with Gasteiger partial charge in [0.15, 0.2) is 5.78 Å². The molecule has 27 heavy (non-hydrogen) atoms. The third-order valence-electron chi connectivity index (χ3n) is 5.13. The van der Waals surface area contributed by atoms with E-state index >= 15 is 0 Å². The van der Waals surface area contributed by atoms with Crippen LogP contribution in [0.3, 0.4) is 0 Å². The number of hydrogen-bond acceptors (Lipinski definition) is 4. The molecular weight excluding hydrogens is 360 g/mol. The first-order chi connectivity index (χ1) is 13.2. The molecule has 0 radical (unpaired) electrons. The lowest BCUT2D eigenvalue weighted by atomic mass is 9.84. The van der Waals surface area contributed by atoms with Crippen LogP contribution in [0.2, 0.25) is 5.02 Å². The quantitative estimate of drug-likeness (QED) is 0.589. The van der Waals surface area contributed by atoms with Crippen molar-refractivity contribution in [3.8, 4) is 11.4 Å². The SMILES string of the molecule is O=C(Cn1nnc(-c2cccc(Cl)c2)n1)c1ccc(C2CCCCC2)cc1. The summed E-state index contributed by atoms with van der Waals surface area (Å²) < 4.78 is 0. The van der Waals surface area contributed by atoms with Crippen molar-refractivity contribution < 1.29 is 4.79 Å². The summed E-state index contributed by atoms with van der Waals surface area (Å²) in [6.45, 7) is 0.0658. The van der Waals surface area contributed by atoms with Crippen molar-refractivity contribution in [2.75, 3.05) is 0 Å². The van der Waals surface area contributed by atoms with Crippen LogP contribution in [0.4, 0.5) is 0 Å². The van der Waals surface area contributed by atoms with Crippen molar-refractivity contribution in [2.45, 2.75) is 44.6 Å². The third kappa shape index (κ3) is 4.25. The number of carbonyl (C=O) groups is 1. The van der Waals surface area contributed by atoms with Gasteiger partial charge in [0, 0.05) is 16.1 Å². The number of nitrogens with zero attached hydrogens (tertiary/aromatic N) is 4. The van der Waals surface area contributed by atoms with Crippen molar-refractivity contribution in [1.82, 2.24) is 20.2 Å².